The van der Waals surface area contributed by atoms with Crippen LogP contribution in [0, 0.1) is 5.21 Å². The summed E-state index contributed by atoms with van der Waals surface area (Å²) < 4.78 is 5.02. The molecule has 0 aliphatic heterocycles. The van der Waals surface area contributed by atoms with E-state index in [2.05, 4.69) is 0 Å². The summed E-state index contributed by atoms with van der Waals surface area (Å²) in [6.07, 6.45) is 0.782. The second-order valence-electron chi connectivity index (χ2n) is 2.95. The predicted molar refractivity (Wildman–Crippen MR) is 52.7 cm³/mol. The Morgan fingerprint density at radius 3 is 2.38 bits per heavy atom. The van der Waals surface area contributed by atoms with Crippen LogP contribution in [-0.2, 0) is 6.42 Å². The van der Waals surface area contributed by atoms with Crippen molar-refractivity contribution in [2.45, 2.75) is 6.42 Å². The first kappa shape index (κ1) is 10.0. The van der Waals surface area contributed by atoms with Crippen molar-refractivity contribution < 1.29 is 4.74 Å². The minimum Gasteiger partial charge on any atom is -0.785 e. The molecule has 3 nitrogen and oxygen atoms in total. The van der Waals surface area contributed by atoms with E-state index in [1.807, 2.05) is 24.3 Å². The first-order chi connectivity index (χ1) is 6.22. The third-order valence-electron chi connectivity index (χ3n) is 1.87. The Bertz CT molecular complexity index is 244. The molecule has 0 aliphatic carbocycles. The van der Waals surface area contributed by atoms with Crippen LogP contribution in [0.1, 0.15) is 5.56 Å². The maximum absolute atomic E-state index is 10.6. The number of benzene rings is 1. The molecule has 1 aromatic rings. The van der Waals surface area contributed by atoms with E-state index < -0.39 is 0 Å². The Balaban J connectivity index is 2.49. The van der Waals surface area contributed by atoms with Gasteiger partial charge in [-0.1, -0.05) is 12.1 Å². The van der Waals surface area contributed by atoms with Crippen molar-refractivity contribution in [2.24, 2.45) is 0 Å². The van der Waals surface area contributed by atoms with Gasteiger partial charge in [0, 0.05) is 0 Å². The van der Waals surface area contributed by atoms with Crippen LogP contribution in [0.2, 0.25) is 0 Å². The van der Waals surface area contributed by atoms with E-state index in [9.17, 15) is 5.21 Å². The third kappa shape index (κ3) is 3.44. The number of ether oxygens (including phenoxy) is 1. The lowest BCUT2D eigenvalue weighted by molar-refractivity contribution is 0.414. The average molecular weight is 180 g/mol. The topological polar surface area (TPSA) is 35.5 Å². The number of methoxy groups -OCH3 is 1. The highest BCUT2D eigenvalue weighted by atomic mass is 16.5. The summed E-state index contributed by atoms with van der Waals surface area (Å²) in [5.74, 6) is 0.847. The maximum Gasteiger partial charge on any atom is 0.118 e. The Labute approximate surface area is 78.5 Å². The van der Waals surface area contributed by atoms with Crippen molar-refractivity contribution in [1.29, 1.82) is 0 Å². The quantitative estimate of drug-likeness (QED) is 0.661. The molecule has 0 saturated heterocycles. The number of rotatable bonds is 4. The molecule has 0 unspecified atom stereocenters. The molecule has 0 radical (unpaired) electrons. The lowest BCUT2D eigenvalue weighted by Gasteiger charge is -2.21. The second-order valence-corrected chi connectivity index (χ2v) is 2.95. The number of hydroxylamine groups is 2. The normalized spacial score (nSPS) is 10.5. The van der Waals surface area contributed by atoms with Gasteiger partial charge in [0.05, 0.1) is 7.11 Å². The fraction of sp³-hybridized carbons (Fsp3) is 0.400. The summed E-state index contributed by atoms with van der Waals surface area (Å²) in [6.45, 7) is 0.534. The fourth-order valence-corrected chi connectivity index (χ4v) is 1.08. The van der Waals surface area contributed by atoms with E-state index in [4.69, 9.17) is 4.74 Å². The van der Waals surface area contributed by atoms with E-state index in [0.29, 0.717) is 6.54 Å². The number of hydrogen-bond acceptors (Lipinski definition) is 3. The zero-order valence-electron chi connectivity index (χ0n) is 7.99. The molecule has 0 amide bonds. The lowest BCUT2D eigenvalue weighted by Crippen LogP contribution is -2.12. The molecular weight excluding hydrogens is 166 g/mol. The van der Waals surface area contributed by atoms with Crippen LogP contribution in [0.15, 0.2) is 24.3 Å². The first-order valence-electron chi connectivity index (χ1n) is 4.23. The molecule has 0 heterocycles. The summed E-state index contributed by atoms with van der Waals surface area (Å²) in [4.78, 5) is 0. The summed E-state index contributed by atoms with van der Waals surface area (Å²) in [7, 11) is 3.17. The van der Waals surface area contributed by atoms with Crippen molar-refractivity contribution in [1.82, 2.24) is 5.06 Å². The highest BCUT2D eigenvalue weighted by Gasteiger charge is 1.93. The van der Waals surface area contributed by atoms with Crippen molar-refractivity contribution in [3.05, 3.63) is 35.0 Å². The lowest BCUT2D eigenvalue weighted by atomic mass is 10.1. The Morgan fingerprint density at radius 1 is 1.31 bits per heavy atom. The van der Waals surface area contributed by atoms with Crippen LogP contribution in [0.4, 0.5) is 0 Å². The minimum absolute atomic E-state index is 0.534. The zero-order valence-corrected chi connectivity index (χ0v) is 7.99. The minimum atomic E-state index is 0.534. The van der Waals surface area contributed by atoms with Crippen LogP contribution in [0.25, 0.3) is 0 Å². The monoisotopic (exact) mass is 180 g/mol. The van der Waals surface area contributed by atoms with Crippen molar-refractivity contribution in [3.63, 3.8) is 0 Å². The largest absolute Gasteiger partial charge is 0.785 e. The maximum atomic E-state index is 10.6. The van der Waals surface area contributed by atoms with Gasteiger partial charge in [-0.3, -0.25) is 0 Å². The molecule has 0 fully saturated rings. The fourth-order valence-electron chi connectivity index (χ4n) is 1.08. The molecule has 1 rings (SSSR count). The van der Waals surface area contributed by atoms with Crippen LogP contribution in [0.5, 0.6) is 5.75 Å². The standard InChI is InChI=1S/C10H14NO2/c1-11(12)8-7-9-3-5-10(13-2)6-4-9/h3-6H,7-8H2,1-2H3/q-1. The van der Waals surface area contributed by atoms with E-state index >= 15 is 0 Å². The molecule has 13 heavy (non-hydrogen) atoms. The highest BCUT2D eigenvalue weighted by Crippen LogP contribution is 2.11. The van der Waals surface area contributed by atoms with Gasteiger partial charge < -0.3 is 15.0 Å². The molecule has 0 saturated carbocycles. The van der Waals surface area contributed by atoms with Gasteiger partial charge in [-0.05, 0) is 37.7 Å². The number of nitrogens with zero attached hydrogens (tertiary/aromatic N) is 1. The van der Waals surface area contributed by atoms with Crippen molar-refractivity contribution >= 4 is 0 Å². The van der Waals surface area contributed by atoms with Gasteiger partial charge in [-0.2, -0.15) is 0 Å². The van der Waals surface area contributed by atoms with E-state index in [1.54, 1.807) is 7.11 Å². The van der Waals surface area contributed by atoms with Gasteiger partial charge in [0.2, 0.25) is 0 Å². The van der Waals surface area contributed by atoms with Crippen molar-refractivity contribution in [2.75, 3.05) is 20.7 Å². The average Bonchev–Trinajstić information content (AvgIpc) is 2.15. The van der Waals surface area contributed by atoms with Gasteiger partial charge in [0.1, 0.15) is 5.75 Å². The second kappa shape index (κ2) is 4.84. The molecule has 1 aromatic carbocycles. The van der Waals surface area contributed by atoms with Gasteiger partial charge >= 0.3 is 0 Å². The molecule has 72 valence electrons. The Hall–Kier alpha value is -1.06. The van der Waals surface area contributed by atoms with Gasteiger partial charge in [-0.25, -0.2) is 0 Å². The van der Waals surface area contributed by atoms with Gasteiger partial charge in [0.25, 0.3) is 0 Å². The van der Waals surface area contributed by atoms with Crippen LogP contribution < -0.4 is 4.74 Å². The van der Waals surface area contributed by atoms with Gasteiger partial charge in [-0.15, -0.1) is 0 Å². The molecular formula is C10H14NO2-. The smallest absolute Gasteiger partial charge is 0.118 e. The summed E-state index contributed by atoms with van der Waals surface area (Å²) in [5.41, 5.74) is 1.16. The summed E-state index contributed by atoms with van der Waals surface area (Å²) in [5, 5.41) is 11.6. The molecule has 0 atom stereocenters. The molecule has 0 aliphatic rings. The predicted octanol–water partition coefficient (Wildman–Crippen LogP) is 1.67. The molecule has 0 spiro atoms. The summed E-state index contributed by atoms with van der Waals surface area (Å²) in [6, 6.07) is 7.75. The van der Waals surface area contributed by atoms with Crippen LogP contribution in [0.3, 0.4) is 0 Å². The number of likely N-dealkylation sites (N-methyl/N-ethyl adjacent to an activating group) is 1. The Kier molecular flexibility index (Phi) is 3.73. The van der Waals surface area contributed by atoms with Crippen molar-refractivity contribution in [3.8, 4) is 5.75 Å². The highest BCUT2D eigenvalue weighted by molar-refractivity contribution is 5.27. The van der Waals surface area contributed by atoms with Gasteiger partial charge in [0.15, 0.2) is 0 Å². The Morgan fingerprint density at radius 2 is 1.92 bits per heavy atom. The molecule has 3 heteroatoms. The van der Waals surface area contributed by atoms with Crippen LogP contribution >= 0.6 is 0 Å². The van der Waals surface area contributed by atoms with Crippen LogP contribution in [-0.4, -0.2) is 25.8 Å². The SMILES string of the molecule is COc1ccc(CCN(C)[O-])cc1. The van der Waals surface area contributed by atoms with E-state index in [-0.39, 0.29) is 0 Å². The van der Waals surface area contributed by atoms with E-state index in [1.165, 1.54) is 7.05 Å². The molecule has 0 aromatic heterocycles. The zero-order chi connectivity index (χ0) is 9.68. The number of hydrogen-bond donors (Lipinski definition) is 0. The third-order valence-corrected chi connectivity index (χ3v) is 1.87. The summed E-state index contributed by atoms with van der Waals surface area (Å²) >= 11 is 0. The molecule has 0 N–H and O–H groups in total. The van der Waals surface area contributed by atoms with E-state index in [0.717, 1.165) is 22.8 Å². The first-order valence-corrected chi connectivity index (χ1v) is 4.23. The molecule has 0 bridgehead atoms.